The van der Waals surface area contributed by atoms with E-state index in [1.54, 1.807) is 39.0 Å². The summed E-state index contributed by atoms with van der Waals surface area (Å²) < 4.78 is 23.4. The van der Waals surface area contributed by atoms with E-state index in [0.29, 0.717) is 110 Å². The van der Waals surface area contributed by atoms with E-state index in [9.17, 15) is 14.4 Å². The molecule has 360 valence electrons. The molecule has 16 rings (SSSR count). The molecule has 0 atom stereocenters. The van der Waals surface area contributed by atoms with E-state index >= 15 is 0 Å². The molecule has 69 heavy (non-hydrogen) atoms. The summed E-state index contributed by atoms with van der Waals surface area (Å²) in [6.07, 6.45) is 21.1. The summed E-state index contributed by atoms with van der Waals surface area (Å²) >= 11 is 0. The molecule has 12 aliphatic carbocycles. The predicted molar refractivity (Wildman–Crippen MR) is 269 cm³/mol. The van der Waals surface area contributed by atoms with Crippen LogP contribution < -0.4 is 31.4 Å². The van der Waals surface area contributed by atoms with Crippen LogP contribution in [-0.4, -0.2) is 17.3 Å². The number of anilines is 3. The van der Waals surface area contributed by atoms with E-state index in [0.717, 1.165) is 74.8 Å². The first kappa shape index (κ1) is 43.7. The average Bonchev–Trinajstić information content (AvgIpc) is 3.27. The Hall–Kier alpha value is -5.31. The van der Waals surface area contributed by atoms with Gasteiger partial charge in [0.15, 0.2) is 40.3 Å². The minimum absolute atomic E-state index is 0.0398. The fourth-order valence-corrected chi connectivity index (χ4v) is 18.6. The molecule has 9 nitrogen and oxygen atoms in total. The smallest absolute Gasteiger partial charge is 0.177 e. The highest BCUT2D eigenvalue weighted by Gasteiger charge is 2.62. The van der Waals surface area contributed by atoms with Gasteiger partial charge >= 0.3 is 0 Å². The molecule has 0 aliphatic heterocycles. The average molecular weight is 928 g/mol. The van der Waals surface area contributed by atoms with Crippen LogP contribution in [0.3, 0.4) is 0 Å². The molecule has 0 unspecified atom stereocenters. The number of hydrogen-bond donors (Lipinski definition) is 3. The summed E-state index contributed by atoms with van der Waals surface area (Å²) in [5, 5.41) is 0. The van der Waals surface area contributed by atoms with E-state index in [-0.39, 0.29) is 33.6 Å². The van der Waals surface area contributed by atoms with Crippen molar-refractivity contribution in [2.24, 2.45) is 53.3 Å². The summed E-state index contributed by atoms with van der Waals surface area (Å²) in [5.41, 5.74) is 27.0. The largest absolute Gasteiger partial charge is 0.454 e. The van der Waals surface area contributed by atoms with Gasteiger partial charge in [0, 0.05) is 49.6 Å². The Labute approximate surface area is 407 Å². The zero-order valence-electron chi connectivity index (χ0n) is 40.8. The monoisotopic (exact) mass is 928 g/mol. The Morgan fingerprint density at radius 2 is 0.609 bits per heavy atom. The van der Waals surface area contributed by atoms with Crippen molar-refractivity contribution in [3.05, 3.63) is 88.0 Å². The van der Waals surface area contributed by atoms with Crippen LogP contribution in [0.4, 0.5) is 17.1 Å². The number of carbonyl (C=O) groups excluding carboxylic acids is 3. The lowest BCUT2D eigenvalue weighted by Crippen LogP contribution is -2.53. The molecule has 4 aromatic carbocycles. The predicted octanol–water partition coefficient (Wildman–Crippen LogP) is 13.8. The highest BCUT2D eigenvalue weighted by molar-refractivity contribution is 5.96. The molecule has 0 spiro atoms. The Morgan fingerprint density at radius 1 is 0.377 bits per heavy atom. The van der Waals surface area contributed by atoms with E-state index in [2.05, 4.69) is 0 Å². The molecule has 4 aromatic rings. The fraction of sp³-hybridized carbons (Fsp3) is 0.550. The molecule has 12 fully saturated rings. The van der Waals surface area contributed by atoms with Gasteiger partial charge in [0.1, 0.15) is 11.5 Å². The first-order valence-corrected chi connectivity index (χ1v) is 26.6. The molecule has 12 bridgehead atoms. The third-order valence-corrected chi connectivity index (χ3v) is 20.0. The van der Waals surface area contributed by atoms with Crippen molar-refractivity contribution in [1.82, 2.24) is 0 Å². The highest BCUT2D eigenvalue weighted by Crippen LogP contribution is 2.73. The van der Waals surface area contributed by atoms with E-state index in [1.165, 1.54) is 68.9 Å². The third-order valence-electron chi connectivity index (χ3n) is 20.0. The maximum absolute atomic E-state index is 12.8. The number of nitrogens with two attached hydrogens (primary N) is 3. The van der Waals surface area contributed by atoms with Crippen molar-refractivity contribution in [1.29, 1.82) is 0 Å². The second-order valence-electron chi connectivity index (χ2n) is 24.9. The Kier molecular flexibility index (Phi) is 9.87. The maximum Gasteiger partial charge on any atom is 0.177 e. The number of nitrogen functional groups attached to an aromatic ring is 3. The molecule has 0 amide bonds. The fourth-order valence-electron chi connectivity index (χ4n) is 18.6. The molecule has 12 saturated carbocycles. The van der Waals surface area contributed by atoms with Gasteiger partial charge in [0.25, 0.3) is 0 Å². The normalized spacial score (nSPS) is 35.1. The van der Waals surface area contributed by atoms with Crippen LogP contribution in [0.2, 0.25) is 0 Å². The summed E-state index contributed by atoms with van der Waals surface area (Å²) in [4.78, 5) is 38.4. The lowest BCUT2D eigenvalue weighted by atomic mass is 9.43. The first-order chi connectivity index (χ1) is 33.1. The van der Waals surface area contributed by atoms with Crippen molar-refractivity contribution in [3.8, 4) is 34.5 Å². The van der Waals surface area contributed by atoms with Gasteiger partial charge in [-0.1, -0.05) is 0 Å². The number of ketones is 3. The molecular formula is C60H69N3O6. The number of rotatable bonds is 12. The summed E-state index contributed by atoms with van der Waals surface area (Å²) in [7, 11) is 0. The SMILES string of the molecule is CC(=O)c1ccc(Oc2c(Oc3ccc(C(C)=O)cc3N)c(C34CC5CC(CC(C5)C3)C4)c(C34CC5CC(CC(C5)C3)C4)c(Oc3ccc(C(C)=O)cc3N)c2C23CC4CC(CC(C4)C2)C3)c(N)c1. The van der Waals surface area contributed by atoms with Gasteiger partial charge in [-0.25, -0.2) is 0 Å². The van der Waals surface area contributed by atoms with Crippen molar-refractivity contribution >= 4 is 34.4 Å². The van der Waals surface area contributed by atoms with Crippen molar-refractivity contribution in [2.75, 3.05) is 17.2 Å². The van der Waals surface area contributed by atoms with E-state index in [1.807, 2.05) is 36.4 Å². The van der Waals surface area contributed by atoms with Gasteiger partial charge in [-0.15, -0.1) is 0 Å². The van der Waals surface area contributed by atoms with Crippen LogP contribution >= 0.6 is 0 Å². The number of hydrogen-bond acceptors (Lipinski definition) is 9. The van der Waals surface area contributed by atoms with Crippen LogP contribution in [0.1, 0.15) is 184 Å². The zero-order valence-corrected chi connectivity index (χ0v) is 40.8. The highest BCUT2D eigenvalue weighted by atomic mass is 16.5. The van der Waals surface area contributed by atoms with Gasteiger partial charge in [0.2, 0.25) is 0 Å². The second kappa shape index (κ2) is 15.6. The Morgan fingerprint density at radius 3 is 0.870 bits per heavy atom. The summed E-state index contributed by atoms with van der Waals surface area (Å²) in [5.74, 6) is 9.20. The number of ether oxygens (including phenoxy) is 3. The van der Waals surface area contributed by atoms with Gasteiger partial charge in [-0.2, -0.15) is 0 Å². The molecule has 9 heteroatoms. The minimum atomic E-state index is -0.305. The van der Waals surface area contributed by atoms with Crippen LogP contribution in [0, 0.1) is 53.3 Å². The van der Waals surface area contributed by atoms with Crippen LogP contribution in [0.5, 0.6) is 34.5 Å². The summed E-state index contributed by atoms with van der Waals surface area (Å²) in [6.45, 7) is 4.72. The molecule has 0 heterocycles. The second-order valence-corrected chi connectivity index (χ2v) is 24.9. The first-order valence-electron chi connectivity index (χ1n) is 26.6. The van der Waals surface area contributed by atoms with E-state index in [4.69, 9.17) is 31.4 Å². The quantitative estimate of drug-likeness (QED) is 0.0929. The lowest BCUT2D eigenvalue weighted by molar-refractivity contribution is -0.0205. The number of Topliss-reactive ketones (excluding diaryl/α,β-unsaturated/α-hetero) is 3. The summed E-state index contributed by atoms with van der Waals surface area (Å²) in [6, 6.07) is 16.4. The third kappa shape index (κ3) is 7.07. The number of benzene rings is 4. The zero-order chi connectivity index (χ0) is 47.3. The van der Waals surface area contributed by atoms with Gasteiger partial charge in [-0.05, 0) is 244 Å². The van der Waals surface area contributed by atoms with Crippen LogP contribution in [0.15, 0.2) is 54.6 Å². The number of carbonyl (C=O) groups is 3. The Balaban J connectivity index is 1.18. The van der Waals surface area contributed by atoms with Gasteiger partial charge in [-0.3, -0.25) is 14.4 Å². The lowest BCUT2D eigenvalue weighted by Gasteiger charge is -2.62. The Bertz CT molecular complexity index is 2750. The molecule has 6 N–H and O–H groups in total. The minimum Gasteiger partial charge on any atom is -0.454 e. The molecule has 0 aromatic heterocycles. The molecule has 12 aliphatic rings. The van der Waals surface area contributed by atoms with Gasteiger partial charge in [0.05, 0.1) is 17.1 Å². The van der Waals surface area contributed by atoms with Crippen molar-refractivity contribution in [3.63, 3.8) is 0 Å². The van der Waals surface area contributed by atoms with E-state index < -0.39 is 0 Å². The van der Waals surface area contributed by atoms with Crippen LogP contribution in [-0.2, 0) is 16.2 Å². The standard InChI is InChI=1S/C60H69N3O6/c1-31(64)43-4-7-49(46(61)19-43)67-55-52(58-22-34-10-35(23-58)12-36(11-34)24-58)53(59-25-37-13-38(26-59)15-39(14-37)27-59)56(68-50-8-5-44(32(2)65)20-47(50)62)57(69-51-9-6-45(33(3)66)21-48(51)63)54(55)60-28-40-16-41(29-60)18-42(17-40)30-60/h4-9,19-21,34-42H,10-18,22-30,61-63H2,1-3H3. The van der Waals surface area contributed by atoms with Crippen molar-refractivity contribution in [2.45, 2.75) is 153 Å². The topological polar surface area (TPSA) is 157 Å². The van der Waals surface area contributed by atoms with Gasteiger partial charge < -0.3 is 31.4 Å². The maximum atomic E-state index is 12.8. The molecule has 0 radical (unpaired) electrons. The molecule has 0 saturated heterocycles. The van der Waals surface area contributed by atoms with Crippen LogP contribution in [0.25, 0.3) is 0 Å². The molecular weight excluding hydrogens is 859 g/mol. The van der Waals surface area contributed by atoms with Crippen molar-refractivity contribution < 1.29 is 28.6 Å².